The zero-order valence-corrected chi connectivity index (χ0v) is 10.7. The summed E-state index contributed by atoms with van der Waals surface area (Å²) in [5.41, 5.74) is 0.722. The number of nitrogens with zero attached hydrogens (tertiary/aromatic N) is 1. The summed E-state index contributed by atoms with van der Waals surface area (Å²) in [7, 11) is 1.62. The maximum atomic E-state index is 11.0. The van der Waals surface area contributed by atoms with E-state index >= 15 is 0 Å². The molecule has 0 saturated heterocycles. The van der Waals surface area contributed by atoms with Crippen LogP contribution in [0.4, 0.5) is 5.69 Å². The standard InChI is InChI=1S/C12H13N3O2S/c1-17-10-4-2-3-9(7-10)13-8-15-6-5-11(16)14-12(15)18/h2-7,13H,8H2,1H3,(H,14,16,18). The zero-order valence-electron chi connectivity index (χ0n) is 9.84. The number of rotatable bonds is 4. The van der Waals surface area contributed by atoms with Gasteiger partial charge in [0, 0.05) is 24.0 Å². The van der Waals surface area contributed by atoms with Crippen molar-refractivity contribution in [3.8, 4) is 5.75 Å². The smallest absolute Gasteiger partial charge is 0.251 e. The van der Waals surface area contributed by atoms with Crippen LogP contribution in [-0.2, 0) is 6.67 Å². The highest BCUT2D eigenvalue weighted by molar-refractivity contribution is 7.71. The number of nitrogens with one attached hydrogen (secondary N) is 2. The van der Waals surface area contributed by atoms with E-state index in [0.29, 0.717) is 11.4 Å². The first-order valence-electron chi connectivity index (χ1n) is 5.37. The van der Waals surface area contributed by atoms with Crippen molar-refractivity contribution in [2.24, 2.45) is 0 Å². The fourth-order valence-electron chi connectivity index (χ4n) is 1.48. The molecule has 0 unspecified atom stereocenters. The summed E-state index contributed by atoms with van der Waals surface area (Å²) in [6, 6.07) is 9.01. The van der Waals surface area contributed by atoms with Gasteiger partial charge in [-0.05, 0) is 24.4 Å². The molecule has 0 spiro atoms. The minimum atomic E-state index is -0.197. The fourth-order valence-corrected chi connectivity index (χ4v) is 1.70. The summed E-state index contributed by atoms with van der Waals surface area (Å²) >= 11 is 5.05. The van der Waals surface area contributed by atoms with Gasteiger partial charge in [-0.25, -0.2) is 0 Å². The first-order chi connectivity index (χ1) is 8.69. The van der Waals surface area contributed by atoms with Crippen molar-refractivity contribution in [2.45, 2.75) is 6.67 Å². The lowest BCUT2D eigenvalue weighted by Crippen LogP contribution is -2.15. The Kier molecular flexibility index (Phi) is 3.78. The Morgan fingerprint density at radius 3 is 3.00 bits per heavy atom. The normalized spacial score (nSPS) is 10.1. The third kappa shape index (κ3) is 2.98. The second kappa shape index (κ2) is 5.50. The van der Waals surface area contributed by atoms with E-state index < -0.39 is 0 Å². The lowest BCUT2D eigenvalue weighted by atomic mass is 10.3. The predicted octanol–water partition coefficient (Wildman–Crippen LogP) is 1.98. The summed E-state index contributed by atoms with van der Waals surface area (Å²) in [6.07, 6.45) is 1.65. The number of methoxy groups -OCH3 is 1. The van der Waals surface area contributed by atoms with E-state index in [1.165, 1.54) is 6.07 Å². The van der Waals surface area contributed by atoms with Crippen molar-refractivity contribution in [1.82, 2.24) is 9.55 Å². The maximum Gasteiger partial charge on any atom is 0.251 e. The van der Waals surface area contributed by atoms with Gasteiger partial charge in [0.2, 0.25) is 0 Å². The average molecular weight is 263 g/mol. The number of benzene rings is 1. The number of hydrogen-bond acceptors (Lipinski definition) is 4. The Morgan fingerprint density at radius 2 is 2.28 bits per heavy atom. The summed E-state index contributed by atoms with van der Waals surface area (Å²) in [5, 5.41) is 3.19. The molecular weight excluding hydrogens is 250 g/mol. The molecule has 0 aliphatic rings. The van der Waals surface area contributed by atoms with E-state index in [1.54, 1.807) is 17.9 Å². The molecule has 0 amide bonds. The van der Waals surface area contributed by atoms with Crippen LogP contribution in [0.2, 0.25) is 0 Å². The molecule has 0 fully saturated rings. The molecule has 0 aliphatic carbocycles. The zero-order chi connectivity index (χ0) is 13.0. The van der Waals surface area contributed by atoms with Crippen LogP contribution < -0.4 is 15.6 Å². The molecule has 18 heavy (non-hydrogen) atoms. The van der Waals surface area contributed by atoms with Crippen LogP contribution in [-0.4, -0.2) is 16.7 Å². The SMILES string of the molecule is COc1cccc(NCn2ccc(=O)[nH]c2=S)c1. The van der Waals surface area contributed by atoms with Crippen molar-refractivity contribution in [1.29, 1.82) is 0 Å². The molecule has 0 saturated carbocycles. The van der Waals surface area contributed by atoms with Gasteiger partial charge in [-0.15, -0.1) is 0 Å². The Bertz CT molecular complexity index is 648. The van der Waals surface area contributed by atoms with Crippen molar-refractivity contribution in [2.75, 3.05) is 12.4 Å². The van der Waals surface area contributed by atoms with E-state index in [1.807, 2.05) is 24.3 Å². The molecule has 2 N–H and O–H groups in total. The molecule has 5 nitrogen and oxygen atoms in total. The molecule has 1 heterocycles. The molecule has 2 rings (SSSR count). The van der Waals surface area contributed by atoms with Gasteiger partial charge < -0.3 is 14.6 Å². The quantitative estimate of drug-likeness (QED) is 0.828. The number of aromatic amines is 1. The molecular formula is C12H13N3O2S. The van der Waals surface area contributed by atoms with Crippen LogP contribution in [0.5, 0.6) is 5.75 Å². The first kappa shape index (κ1) is 12.4. The highest BCUT2D eigenvalue weighted by atomic mass is 32.1. The Balaban J connectivity index is 2.11. The van der Waals surface area contributed by atoms with Gasteiger partial charge in [-0.3, -0.25) is 9.78 Å². The summed E-state index contributed by atoms with van der Waals surface area (Å²) < 4.78 is 7.25. The van der Waals surface area contributed by atoms with Gasteiger partial charge in [-0.2, -0.15) is 0 Å². The molecule has 1 aromatic carbocycles. The summed E-state index contributed by atoms with van der Waals surface area (Å²) in [4.78, 5) is 13.6. The molecule has 6 heteroatoms. The van der Waals surface area contributed by atoms with Gasteiger partial charge in [-0.1, -0.05) is 6.07 Å². The predicted molar refractivity (Wildman–Crippen MR) is 72.5 cm³/mol. The molecule has 0 bridgehead atoms. The van der Waals surface area contributed by atoms with Crippen LogP contribution in [0.1, 0.15) is 0 Å². The molecule has 0 atom stereocenters. The lowest BCUT2D eigenvalue weighted by Gasteiger charge is -2.10. The monoisotopic (exact) mass is 263 g/mol. The number of ether oxygens (including phenoxy) is 1. The highest BCUT2D eigenvalue weighted by Gasteiger charge is 1.96. The average Bonchev–Trinajstić information content (AvgIpc) is 2.38. The van der Waals surface area contributed by atoms with Crippen LogP contribution in [0.3, 0.4) is 0 Å². The molecule has 0 aliphatic heterocycles. The molecule has 94 valence electrons. The molecule has 1 aromatic heterocycles. The Labute approximate surface area is 109 Å². The van der Waals surface area contributed by atoms with Crippen molar-refractivity contribution < 1.29 is 4.74 Å². The minimum absolute atomic E-state index is 0.197. The van der Waals surface area contributed by atoms with E-state index in [4.69, 9.17) is 17.0 Å². The van der Waals surface area contributed by atoms with Gasteiger partial charge in [0.15, 0.2) is 4.77 Å². The second-order valence-corrected chi connectivity index (χ2v) is 4.03. The topological polar surface area (TPSA) is 59.0 Å². The van der Waals surface area contributed by atoms with E-state index in [2.05, 4.69) is 10.3 Å². The highest BCUT2D eigenvalue weighted by Crippen LogP contribution is 2.16. The second-order valence-electron chi connectivity index (χ2n) is 3.65. The summed E-state index contributed by atoms with van der Waals surface area (Å²) in [5.74, 6) is 0.782. The van der Waals surface area contributed by atoms with Gasteiger partial charge in [0.05, 0.1) is 13.8 Å². The number of aromatic nitrogens is 2. The van der Waals surface area contributed by atoms with E-state index in [9.17, 15) is 4.79 Å². The first-order valence-corrected chi connectivity index (χ1v) is 5.77. The largest absolute Gasteiger partial charge is 0.497 e. The Hall–Kier alpha value is -2.08. The fraction of sp³-hybridized carbons (Fsp3) is 0.167. The van der Waals surface area contributed by atoms with Crippen LogP contribution in [0.25, 0.3) is 0 Å². The number of H-pyrrole nitrogens is 1. The van der Waals surface area contributed by atoms with Gasteiger partial charge in [0.25, 0.3) is 5.56 Å². The van der Waals surface area contributed by atoms with Crippen LogP contribution in [0, 0.1) is 4.77 Å². The van der Waals surface area contributed by atoms with Crippen molar-refractivity contribution in [3.05, 3.63) is 51.7 Å². The van der Waals surface area contributed by atoms with Crippen LogP contribution in [0.15, 0.2) is 41.3 Å². The molecule has 2 aromatic rings. The maximum absolute atomic E-state index is 11.0. The van der Waals surface area contributed by atoms with Crippen LogP contribution >= 0.6 is 12.2 Å². The van der Waals surface area contributed by atoms with Crippen molar-refractivity contribution >= 4 is 17.9 Å². The third-order valence-corrected chi connectivity index (χ3v) is 2.76. The van der Waals surface area contributed by atoms with Gasteiger partial charge >= 0.3 is 0 Å². The summed E-state index contributed by atoms with van der Waals surface area (Å²) in [6.45, 7) is 0.475. The number of anilines is 1. The van der Waals surface area contributed by atoms with E-state index in [-0.39, 0.29) is 5.56 Å². The minimum Gasteiger partial charge on any atom is -0.497 e. The van der Waals surface area contributed by atoms with Gasteiger partial charge in [0.1, 0.15) is 5.75 Å². The lowest BCUT2D eigenvalue weighted by molar-refractivity contribution is 0.415. The van der Waals surface area contributed by atoms with Crippen molar-refractivity contribution in [3.63, 3.8) is 0 Å². The Morgan fingerprint density at radius 1 is 1.44 bits per heavy atom. The third-order valence-electron chi connectivity index (χ3n) is 2.42. The van der Waals surface area contributed by atoms with E-state index in [0.717, 1.165) is 11.4 Å². The number of hydrogen-bond donors (Lipinski definition) is 2. The molecule has 0 radical (unpaired) electrons.